The van der Waals surface area contributed by atoms with Crippen molar-refractivity contribution in [3.05, 3.63) is 59.7 Å². The monoisotopic (exact) mass is 281 g/mol. The summed E-state index contributed by atoms with van der Waals surface area (Å²) < 4.78 is 6.01. The van der Waals surface area contributed by atoms with Crippen LogP contribution in [0, 0.1) is 5.41 Å². The van der Waals surface area contributed by atoms with Crippen molar-refractivity contribution in [3.8, 4) is 11.5 Å². The quantitative estimate of drug-likeness (QED) is 0.863. The highest BCUT2D eigenvalue weighted by Gasteiger charge is 2.26. The third-order valence-corrected chi connectivity index (χ3v) is 3.90. The molecule has 2 nitrogen and oxygen atoms in total. The maximum absolute atomic E-state index is 6.01. The van der Waals surface area contributed by atoms with Gasteiger partial charge in [-0.3, -0.25) is 0 Å². The van der Waals surface area contributed by atoms with E-state index in [-0.39, 0.29) is 6.04 Å². The Kier molecular flexibility index (Phi) is 3.73. The van der Waals surface area contributed by atoms with Crippen molar-refractivity contribution >= 4 is 0 Å². The number of rotatable bonds is 3. The van der Waals surface area contributed by atoms with E-state index in [1.807, 2.05) is 24.3 Å². The summed E-state index contributed by atoms with van der Waals surface area (Å²) >= 11 is 0. The summed E-state index contributed by atoms with van der Waals surface area (Å²) in [5.74, 6) is 1.92. The van der Waals surface area contributed by atoms with E-state index in [4.69, 9.17) is 4.74 Å². The average molecular weight is 281 g/mol. The molecule has 1 heterocycles. The second kappa shape index (κ2) is 5.53. The normalized spacial score (nSPS) is 14.2. The van der Waals surface area contributed by atoms with Gasteiger partial charge in [-0.05, 0) is 30.5 Å². The Morgan fingerprint density at radius 2 is 1.43 bits per heavy atom. The van der Waals surface area contributed by atoms with Crippen molar-refractivity contribution < 1.29 is 4.74 Å². The number of para-hydroxylation sites is 2. The van der Waals surface area contributed by atoms with Gasteiger partial charge in [-0.15, -0.1) is 0 Å². The molecule has 1 N–H and O–H groups in total. The molecule has 2 aromatic rings. The molecule has 3 rings (SSSR count). The van der Waals surface area contributed by atoms with Crippen molar-refractivity contribution in [2.24, 2.45) is 5.41 Å². The average Bonchev–Trinajstić information content (AvgIpc) is 2.45. The first-order valence-corrected chi connectivity index (χ1v) is 7.64. The Balaban J connectivity index is 1.88. The molecule has 0 saturated carbocycles. The fraction of sp³-hybridized carbons (Fsp3) is 0.368. The molecule has 0 saturated heterocycles. The van der Waals surface area contributed by atoms with Crippen LogP contribution in [0.5, 0.6) is 11.5 Å². The van der Waals surface area contributed by atoms with E-state index in [0.717, 1.165) is 24.5 Å². The molecule has 1 aliphatic heterocycles. The Bertz CT molecular complexity index is 582. The van der Waals surface area contributed by atoms with Gasteiger partial charge in [0.05, 0.1) is 6.04 Å². The summed E-state index contributed by atoms with van der Waals surface area (Å²) in [6.45, 7) is 7.83. The summed E-state index contributed by atoms with van der Waals surface area (Å²) in [7, 11) is 0. The Labute approximate surface area is 127 Å². The zero-order valence-corrected chi connectivity index (χ0v) is 13.0. The van der Waals surface area contributed by atoms with Gasteiger partial charge in [0.25, 0.3) is 0 Å². The standard InChI is InChI=1S/C19H23NO/c1-19(2,3)12-13-20-18-14-8-4-6-10-16(14)21-17-11-7-5-9-15(17)18/h4-11,18,20H,12-13H2,1-3H3. The molecule has 0 unspecified atom stereocenters. The minimum absolute atomic E-state index is 0.216. The van der Waals surface area contributed by atoms with Crippen LogP contribution in [-0.4, -0.2) is 6.54 Å². The van der Waals surface area contributed by atoms with Gasteiger partial charge in [-0.25, -0.2) is 0 Å². The predicted molar refractivity (Wildman–Crippen MR) is 86.9 cm³/mol. The molecule has 2 aromatic carbocycles. The second-order valence-electron chi connectivity index (χ2n) is 6.88. The zero-order chi connectivity index (χ0) is 14.9. The highest BCUT2D eigenvalue weighted by atomic mass is 16.5. The van der Waals surface area contributed by atoms with Crippen molar-refractivity contribution in [1.82, 2.24) is 5.32 Å². The predicted octanol–water partition coefficient (Wildman–Crippen LogP) is 4.91. The second-order valence-corrected chi connectivity index (χ2v) is 6.88. The zero-order valence-electron chi connectivity index (χ0n) is 13.0. The third kappa shape index (κ3) is 3.11. The van der Waals surface area contributed by atoms with Gasteiger partial charge < -0.3 is 10.1 Å². The number of nitrogens with one attached hydrogen (secondary N) is 1. The summed E-state index contributed by atoms with van der Waals surface area (Å²) in [4.78, 5) is 0. The highest BCUT2D eigenvalue weighted by molar-refractivity contribution is 5.52. The van der Waals surface area contributed by atoms with E-state index in [0.29, 0.717) is 5.41 Å². The van der Waals surface area contributed by atoms with Gasteiger partial charge in [0.15, 0.2) is 0 Å². The lowest BCUT2D eigenvalue weighted by Crippen LogP contribution is -2.28. The van der Waals surface area contributed by atoms with Crippen LogP contribution in [0.1, 0.15) is 44.4 Å². The molecule has 0 atom stereocenters. The molecule has 0 radical (unpaired) electrons. The van der Waals surface area contributed by atoms with E-state index >= 15 is 0 Å². The number of hydrogen-bond acceptors (Lipinski definition) is 2. The number of benzene rings is 2. The molecular weight excluding hydrogens is 258 g/mol. The number of fused-ring (bicyclic) bond motifs is 2. The minimum atomic E-state index is 0.216. The van der Waals surface area contributed by atoms with Gasteiger partial charge in [-0.1, -0.05) is 57.2 Å². The van der Waals surface area contributed by atoms with Gasteiger partial charge in [0.2, 0.25) is 0 Å². The largest absolute Gasteiger partial charge is 0.457 e. The van der Waals surface area contributed by atoms with Crippen LogP contribution in [0.25, 0.3) is 0 Å². The van der Waals surface area contributed by atoms with Crippen LogP contribution in [0.15, 0.2) is 48.5 Å². The fourth-order valence-electron chi connectivity index (χ4n) is 2.72. The lowest BCUT2D eigenvalue weighted by molar-refractivity contribution is 0.354. The van der Waals surface area contributed by atoms with Crippen LogP contribution in [0.3, 0.4) is 0 Å². The first-order chi connectivity index (χ1) is 10.0. The van der Waals surface area contributed by atoms with Crippen LogP contribution in [0.2, 0.25) is 0 Å². The lowest BCUT2D eigenvalue weighted by atomic mass is 9.91. The Hall–Kier alpha value is -1.80. The molecule has 0 amide bonds. The lowest BCUT2D eigenvalue weighted by Gasteiger charge is -2.30. The number of hydrogen-bond donors (Lipinski definition) is 1. The number of ether oxygens (including phenoxy) is 1. The van der Waals surface area contributed by atoms with Gasteiger partial charge in [0.1, 0.15) is 11.5 Å². The molecule has 1 aliphatic rings. The van der Waals surface area contributed by atoms with E-state index < -0.39 is 0 Å². The maximum atomic E-state index is 6.01. The van der Waals surface area contributed by atoms with Crippen LogP contribution >= 0.6 is 0 Å². The topological polar surface area (TPSA) is 21.3 Å². The van der Waals surface area contributed by atoms with Gasteiger partial charge >= 0.3 is 0 Å². The van der Waals surface area contributed by atoms with E-state index in [2.05, 4.69) is 50.4 Å². The molecule has 0 fully saturated rings. The third-order valence-electron chi connectivity index (χ3n) is 3.90. The van der Waals surface area contributed by atoms with Gasteiger partial charge in [0, 0.05) is 11.1 Å². The summed E-state index contributed by atoms with van der Waals surface area (Å²) in [5.41, 5.74) is 2.80. The van der Waals surface area contributed by atoms with Crippen LogP contribution in [-0.2, 0) is 0 Å². The van der Waals surface area contributed by atoms with E-state index in [9.17, 15) is 0 Å². The van der Waals surface area contributed by atoms with Crippen molar-refractivity contribution in [1.29, 1.82) is 0 Å². The van der Waals surface area contributed by atoms with E-state index in [1.165, 1.54) is 11.1 Å². The minimum Gasteiger partial charge on any atom is -0.457 e. The SMILES string of the molecule is CC(C)(C)CCNC1c2ccccc2Oc2ccccc21. The molecule has 0 bridgehead atoms. The van der Waals surface area contributed by atoms with Crippen molar-refractivity contribution in [3.63, 3.8) is 0 Å². The Morgan fingerprint density at radius 3 is 1.95 bits per heavy atom. The summed E-state index contributed by atoms with van der Waals surface area (Å²) in [5, 5.41) is 3.71. The first-order valence-electron chi connectivity index (χ1n) is 7.64. The smallest absolute Gasteiger partial charge is 0.132 e. The molecule has 0 spiro atoms. The van der Waals surface area contributed by atoms with Crippen LogP contribution < -0.4 is 10.1 Å². The van der Waals surface area contributed by atoms with Crippen molar-refractivity contribution in [2.45, 2.75) is 33.2 Å². The maximum Gasteiger partial charge on any atom is 0.132 e. The molecular formula is C19H23NO. The summed E-state index contributed by atoms with van der Waals surface area (Å²) in [6, 6.07) is 16.8. The first kappa shape index (κ1) is 14.2. The molecule has 21 heavy (non-hydrogen) atoms. The fourth-order valence-corrected chi connectivity index (χ4v) is 2.72. The summed E-state index contributed by atoms with van der Waals surface area (Å²) in [6.07, 6.45) is 1.15. The molecule has 110 valence electrons. The van der Waals surface area contributed by atoms with Gasteiger partial charge in [-0.2, -0.15) is 0 Å². The molecule has 2 heteroatoms. The van der Waals surface area contributed by atoms with E-state index in [1.54, 1.807) is 0 Å². The molecule has 0 aromatic heterocycles. The highest BCUT2D eigenvalue weighted by Crippen LogP contribution is 2.42. The molecule has 0 aliphatic carbocycles. The Morgan fingerprint density at radius 1 is 0.905 bits per heavy atom. The van der Waals surface area contributed by atoms with Crippen LogP contribution in [0.4, 0.5) is 0 Å². The van der Waals surface area contributed by atoms with Crippen molar-refractivity contribution in [2.75, 3.05) is 6.54 Å².